The summed E-state index contributed by atoms with van der Waals surface area (Å²) < 4.78 is 13.2. The first-order valence-electron chi connectivity index (χ1n) is 8.10. The Hall–Kier alpha value is -2.25. The molecular formula is C17H22N4O3. The Morgan fingerprint density at radius 2 is 2.12 bits per heavy atom. The normalized spacial score (nSPS) is 16.9. The highest BCUT2D eigenvalue weighted by atomic mass is 16.5. The smallest absolute Gasteiger partial charge is 0.248 e. The molecule has 1 aliphatic heterocycles. The molecule has 2 aromatic rings. The fraction of sp³-hybridized carbons (Fsp3) is 0.471. The van der Waals surface area contributed by atoms with Crippen LogP contribution in [0.25, 0.3) is 0 Å². The van der Waals surface area contributed by atoms with Crippen LogP contribution in [0.3, 0.4) is 0 Å². The van der Waals surface area contributed by atoms with Gasteiger partial charge in [-0.15, -0.1) is 0 Å². The topological polar surface area (TPSA) is 69.5 Å². The number of amides is 1. The molecule has 0 spiro atoms. The zero-order valence-corrected chi connectivity index (χ0v) is 13.8. The van der Waals surface area contributed by atoms with E-state index < -0.39 is 0 Å². The first-order chi connectivity index (χ1) is 11.8. The van der Waals surface area contributed by atoms with Crippen LogP contribution < -0.4 is 0 Å². The van der Waals surface area contributed by atoms with Crippen molar-refractivity contribution in [3.05, 3.63) is 48.3 Å². The third kappa shape index (κ3) is 3.98. The summed E-state index contributed by atoms with van der Waals surface area (Å²) in [6.45, 7) is 4.75. The lowest BCUT2D eigenvalue weighted by Crippen LogP contribution is -2.43. The van der Waals surface area contributed by atoms with Gasteiger partial charge in [0.25, 0.3) is 0 Å². The number of aromatic nitrogens is 3. The fourth-order valence-electron chi connectivity index (χ4n) is 2.78. The van der Waals surface area contributed by atoms with Gasteiger partial charge in [0.2, 0.25) is 5.91 Å². The number of nitrogens with zero attached hydrogens (tertiary/aromatic N) is 4. The number of pyridine rings is 1. The van der Waals surface area contributed by atoms with Crippen molar-refractivity contribution in [3.8, 4) is 0 Å². The highest BCUT2D eigenvalue weighted by Gasteiger charge is 2.28. The first-order valence-corrected chi connectivity index (χ1v) is 8.10. The van der Waals surface area contributed by atoms with Gasteiger partial charge in [-0.3, -0.25) is 9.78 Å². The summed E-state index contributed by atoms with van der Waals surface area (Å²) in [7, 11) is 0. The highest BCUT2D eigenvalue weighted by Crippen LogP contribution is 2.21. The molecule has 1 amide bonds. The van der Waals surface area contributed by atoms with Crippen molar-refractivity contribution < 1.29 is 14.3 Å². The van der Waals surface area contributed by atoms with Gasteiger partial charge < -0.3 is 18.9 Å². The minimum Gasteiger partial charge on any atom is -0.375 e. The van der Waals surface area contributed by atoms with Crippen LogP contribution >= 0.6 is 0 Å². The SMILES string of the molecule is CCOCC(=O)N1Cc2cncn2[C@@H](COCc2ccncc2)C1. The fourth-order valence-corrected chi connectivity index (χ4v) is 2.78. The summed E-state index contributed by atoms with van der Waals surface area (Å²) in [4.78, 5) is 22.3. The van der Waals surface area contributed by atoms with Crippen LogP contribution in [0.2, 0.25) is 0 Å². The molecule has 7 nitrogen and oxygen atoms in total. The van der Waals surface area contributed by atoms with Crippen molar-refractivity contribution in [2.75, 3.05) is 26.4 Å². The number of carbonyl (C=O) groups is 1. The molecule has 0 fully saturated rings. The quantitative estimate of drug-likeness (QED) is 0.768. The lowest BCUT2D eigenvalue weighted by Gasteiger charge is -2.34. The van der Waals surface area contributed by atoms with Gasteiger partial charge in [0.1, 0.15) is 6.61 Å². The van der Waals surface area contributed by atoms with E-state index in [1.54, 1.807) is 24.9 Å². The van der Waals surface area contributed by atoms with E-state index in [4.69, 9.17) is 9.47 Å². The highest BCUT2D eigenvalue weighted by molar-refractivity contribution is 5.77. The summed E-state index contributed by atoms with van der Waals surface area (Å²) in [5, 5.41) is 0. The lowest BCUT2D eigenvalue weighted by molar-refractivity contribution is -0.138. The minimum atomic E-state index is 0.00318. The van der Waals surface area contributed by atoms with E-state index >= 15 is 0 Å². The number of ether oxygens (including phenoxy) is 2. The molecule has 0 bridgehead atoms. The van der Waals surface area contributed by atoms with Gasteiger partial charge in [-0.25, -0.2) is 4.98 Å². The minimum absolute atomic E-state index is 0.00318. The molecule has 0 unspecified atom stereocenters. The van der Waals surface area contributed by atoms with E-state index in [-0.39, 0.29) is 18.6 Å². The third-order valence-electron chi connectivity index (χ3n) is 4.03. The molecule has 0 N–H and O–H groups in total. The van der Waals surface area contributed by atoms with E-state index in [1.807, 2.05) is 24.0 Å². The van der Waals surface area contributed by atoms with Crippen LogP contribution in [0.4, 0.5) is 0 Å². The van der Waals surface area contributed by atoms with Gasteiger partial charge in [0, 0.05) is 31.7 Å². The van der Waals surface area contributed by atoms with Gasteiger partial charge in [-0.1, -0.05) is 0 Å². The largest absolute Gasteiger partial charge is 0.375 e. The molecule has 128 valence electrons. The average Bonchev–Trinajstić information content (AvgIpc) is 3.09. The van der Waals surface area contributed by atoms with Crippen LogP contribution in [0.15, 0.2) is 37.1 Å². The van der Waals surface area contributed by atoms with Gasteiger partial charge >= 0.3 is 0 Å². The van der Waals surface area contributed by atoms with Gasteiger partial charge in [0.15, 0.2) is 0 Å². The number of carbonyl (C=O) groups excluding carboxylic acids is 1. The van der Waals surface area contributed by atoms with E-state index in [9.17, 15) is 4.79 Å². The lowest BCUT2D eigenvalue weighted by atomic mass is 10.2. The van der Waals surface area contributed by atoms with E-state index in [0.717, 1.165) is 11.3 Å². The second kappa shape index (κ2) is 8.03. The summed E-state index contributed by atoms with van der Waals surface area (Å²) >= 11 is 0. The summed E-state index contributed by atoms with van der Waals surface area (Å²) in [6.07, 6.45) is 7.11. The molecule has 24 heavy (non-hydrogen) atoms. The molecule has 0 saturated heterocycles. The Morgan fingerprint density at radius 3 is 2.92 bits per heavy atom. The molecule has 7 heteroatoms. The van der Waals surface area contributed by atoms with Crippen molar-refractivity contribution in [3.63, 3.8) is 0 Å². The molecule has 0 aromatic carbocycles. The number of rotatable bonds is 7. The van der Waals surface area contributed by atoms with Crippen LogP contribution in [0.1, 0.15) is 24.2 Å². The molecule has 3 heterocycles. The second-order valence-electron chi connectivity index (χ2n) is 5.73. The summed E-state index contributed by atoms with van der Waals surface area (Å²) in [6, 6.07) is 3.92. The van der Waals surface area contributed by atoms with Crippen molar-refractivity contribution in [1.82, 2.24) is 19.4 Å². The third-order valence-corrected chi connectivity index (χ3v) is 4.03. The average molecular weight is 330 g/mol. The number of fused-ring (bicyclic) bond motifs is 1. The van der Waals surface area contributed by atoms with E-state index in [1.165, 1.54) is 0 Å². The van der Waals surface area contributed by atoms with Crippen molar-refractivity contribution in [2.45, 2.75) is 26.1 Å². The maximum Gasteiger partial charge on any atom is 0.248 e. The Labute approximate surface area is 141 Å². The molecule has 1 aliphatic rings. The standard InChI is InChI=1S/C17H22N4O3/c1-2-23-12-17(22)20-8-15-7-19-13-21(15)16(9-20)11-24-10-14-3-5-18-6-4-14/h3-7,13,16H,2,8-12H2,1H3/t16-/m1/s1. The molecule has 0 aliphatic carbocycles. The number of hydrogen-bond acceptors (Lipinski definition) is 5. The zero-order valence-electron chi connectivity index (χ0n) is 13.8. The van der Waals surface area contributed by atoms with Crippen LogP contribution in [-0.2, 0) is 27.4 Å². The van der Waals surface area contributed by atoms with Gasteiger partial charge in [0.05, 0.1) is 37.8 Å². The van der Waals surface area contributed by atoms with Gasteiger partial charge in [-0.05, 0) is 24.6 Å². The van der Waals surface area contributed by atoms with Crippen molar-refractivity contribution >= 4 is 5.91 Å². The molecule has 3 rings (SSSR count). The predicted molar refractivity (Wildman–Crippen MR) is 87.1 cm³/mol. The summed E-state index contributed by atoms with van der Waals surface area (Å²) in [5.74, 6) is 0.00318. The van der Waals surface area contributed by atoms with E-state index in [2.05, 4.69) is 14.5 Å². The molecule has 0 saturated carbocycles. The van der Waals surface area contributed by atoms with Gasteiger partial charge in [-0.2, -0.15) is 0 Å². The number of hydrogen-bond donors (Lipinski definition) is 0. The van der Waals surface area contributed by atoms with Crippen molar-refractivity contribution in [2.24, 2.45) is 0 Å². The Morgan fingerprint density at radius 1 is 1.29 bits per heavy atom. The molecule has 0 radical (unpaired) electrons. The summed E-state index contributed by atoms with van der Waals surface area (Å²) in [5.41, 5.74) is 2.10. The van der Waals surface area contributed by atoms with E-state index in [0.29, 0.717) is 32.9 Å². The van der Waals surface area contributed by atoms with Crippen LogP contribution in [0, 0.1) is 0 Å². The molecule has 2 aromatic heterocycles. The Balaban J connectivity index is 1.60. The maximum absolute atomic E-state index is 12.3. The number of imidazole rings is 1. The maximum atomic E-state index is 12.3. The zero-order chi connectivity index (χ0) is 16.8. The Bertz CT molecular complexity index is 659. The second-order valence-corrected chi connectivity index (χ2v) is 5.73. The monoisotopic (exact) mass is 330 g/mol. The first kappa shape index (κ1) is 16.6. The molecule has 1 atom stereocenters. The Kier molecular flexibility index (Phi) is 5.55. The molecular weight excluding hydrogens is 308 g/mol. The van der Waals surface area contributed by atoms with Crippen molar-refractivity contribution in [1.29, 1.82) is 0 Å². The van der Waals surface area contributed by atoms with Crippen LogP contribution in [-0.4, -0.2) is 51.7 Å². The predicted octanol–water partition coefficient (Wildman–Crippen LogP) is 1.41. The van der Waals surface area contributed by atoms with Crippen LogP contribution in [0.5, 0.6) is 0 Å².